The molecule has 0 atom stereocenters. The molecule has 3 nitrogen and oxygen atoms in total. The number of halogens is 1. The summed E-state index contributed by atoms with van der Waals surface area (Å²) in [6.45, 7) is 4.45. The average Bonchev–Trinajstić information content (AvgIpc) is 3.00. The molecule has 1 saturated carbocycles. The van der Waals surface area contributed by atoms with Crippen molar-refractivity contribution in [1.29, 1.82) is 0 Å². The highest BCUT2D eigenvalue weighted by Gasteiger charge is 2.21. The second-order valence-corrected chi connectivity index (χ2v) is 7.33. The van der Waals surface area contributed by atoms with Gasteiger partial charge in [0.2, 0.25) is 5.91 Å². The first-order valence-corrected chi connectivity index (χ1v) is 9.45. The van der Waals surface area contributed by atoms with Gasteiger partial charge in [-0.15, -0.1) is 0 Å². The number of hydrogen-bond acceptors (Lipinski definition) is 2. The van der Waals surface area contributed by atoms with E-state index in [4.69, 9.17) is 0 Å². The average molecular weight is 332 g/mol. The first kappa shape index (κ1) is 17.4. The van der Waals surface area contributed by atoms with E-state index in [1.54, 1.807) is 0 Å². The molecule has 1 aromatic rings. The Morgan fingerprint density at radius 2 is 1.75 bits per heavy atom. The van der Waals surface area contributed by atoms with Crippen molar-refractivity contribution in [1.82, 2.24) is 9.80 Å². The first-order valence-electron chi connectivity index (χ1n) is 9.45. The second kappa shape index (κ2) is 8.61. The van der Waals surface area contributed by atoms with Crippen molar-refractivity contribution in [2.75, 3.05) is 26.2 Å². The number of rotatable bonds is 5. The van der Waals surface area contributed by atoms with Crippen LogP contribution < -0.4 is 0 Å². The van der Waals surface area contributed by atoms with E-state index in [2.05, 4.69) is 9.80 Å². The minimum absolute atomic E-state index is 0.186. The van der Waals surface area contributed by atoms with Gasteiger partial charge in [0.15, 0.2) is 0 Å². The monoisotopic (exact) mass is 332 g/mol. The van der Waals surface area contributed by atoms with E-state index in [1.165, 1.54) is 37.8 Å². The predicted molar refractivity (Wildman–Crippen MR) is 94.1 cm³/mol. The van der Waals surface area contributed by atoms with Crippen LogP contribution in [0.3, 0.4) is 0 Å². The van der Waals surface area contributed by atoms with Gasteiger partial charge < -0.3 is 4.90 Å². The second-order valence-electron chi connectivity index (χ2n) is 7.33. The molecular weight excluding hydrogens is 303 g/mol. The fourth-order valence-electron chi connectivity index (χ4n) is 4.01. The molecule has 0 unspecified atom stereocenters. The van der Waals surface area contributed by atoms with Crippen LogP contribution in [0.25, 0.3) is 0 Å². The molecule has 1 amide bonds. The van der Waals surface area contributed by atoms with Crippen molar-refractivity contribution >= 4 is 5.91 Å². The van der Waals surface area contributed by atoms with Crippen LogP contribution in [0.2, 0.25) is 0 Å². The molecule has 1 saturated heterocycles. The zero-order valence-electron chi connectivity index (χ0n) is 14.6. The largest absolute Gasteiger partial charge is 0.341 e. The van der Waals surface area contributed by atoms with Gasteiger partial charge in [-0.2, -0.15) is 0 Å². The van der Waals surface area contributed by atoms with E-state index >= 15 is 0 Å². The molecular formula is C20H29FN2O. The van der Waals surface area contributed by atoms with Crippen LogP contribution in [-0.2, 0) is 11.3 Å². The first-order chi connectivity index (χ1) is 11.7. The topological polar surface area (TPSA) is 23.6 Å². The summed E-state index contributed by atoms with van der Waals surface area (Å²) in [6.07, 6.45) is 8.16. The highest BCUT2D eigenvalue weighted by Crippen LogP contribution is 2.28. The summed E-state index contributed by atoms with van der Waals surface area (Å²) in [5, 5.41) is 0. The molecule has 132 valence electrons. The number of amides is 1. The quantitative estimate of drug-likeness (QED) is 0.818. The molecule has 0 aromatic heterocycles. The third-order valence-electron chi connectivity index (χ3n) is 5.50. The number of hydrogen-bond donors (Lipinski definition) is 0. The number of nitrogens with zero attached hydrogens (tertiary/aromatic N) is 2. The zero-order valence-corrected chi connectivity index (χ0v) is 14.6. The van der Waals surface area contributed by atoms with Crippen LogP contribution in [0.15, 0.2) is 24.3 Å². The van der Waals surface area contributed by atoms with Crippen LogP contribution in [0.5, 0.6) is 0 Å². The van der Waals surface area contributed by atoms with Gasteiger partial charge in [-0.05, 0) is 36.5 Å². The maximum absolute atomic E-state index is 13.0. The van der Waals surface area contributed by atoms with Gasteiger partial charge in [-0.1, -0.05) is 37.8 Å². The molecule has 1 aliphatic carbocycles. The Hall–Kier alpha value is -1.42. The van der Waals surface area contributed by atoms with Crippen molar-refractivity contribution in [2.45, 2.75) is 51.5 Å². The lowest BCUT2D eigenvalue weighted by Crippen LogP contribution is -2.35. The number of benzene rings is 1. The molecule has 1 aliphatic heterocycles. The molecule has 0 N–H and O–H groups in total. The lowest BCUT2D eigenvalue weighted by molar-refractivity contribution is -0.131. The third-order valence-corrected chi connectivity index (χ3v) is 5.50. The van der Waals surface area contributed by atoms with Crippen molar-refractivity contribution in [3.63, 3.8) is 0 Å². The van der Waals surface area contributed by atoms with Crippen LogP contribution >= 0.6 is 0 Å². The zero-order chi connectivity index (χ0) is 16.8. The lowest BCUT2D eigenvalue weighted by atomic mass is 10.0. The van der Waals surface area contributed by atoms with Crippen molar-refractivity contribution in [2.24, 2.45) is 5.92 Å². The molecule has 0 spiro atoms. The van der Waals surface area contributed by atoms with E-state index in [0.29, 0.717) is 5.91 Å². The predicted octanol–water partition coefficient (Wildman–Crippen LogP) is 3.83. The van der Waals surface area contributed by atoms with Gasteiger partial charge in [-0.25, -0.2) is 4.39 Å². The Morgan fingerprint density at radius 3 is 2.50 bits per heavy atom. The van der Waals surface area contributed by atoms with Crippen LogP contribution in [0, 0.1) is 11.7 Å². The minimum atomic E-state index is -0.186. The normalized spacial score (nSPS) is 20.3. The Bertz CT molecular complexity index is 525. The summed E-state index contributed by atoms with van der Waals surface area (Å²) in [6, 6.07) is 6.74. The van der Waals surface area contributed by atoms with E-state index in [1.807, 2.05) is 12.1 Å². The molecule has 1 heterocycles. The molecule has 3 rings (SSSR count). The molecule has 2 fully saturated rings. The standard InChI is InChI=1S/C20H29FN2O/c21-19-9-6-18(7-10-19)16-22-12-3-13-23(15-14-22)20(24)11-8-17-4-1-2-5-17/h6-7,9-10,17H,1-5,8,11-16H2. The van der Waals surface area contributed by atoms with Gasteiger partial charge >= 0.3 is 0 Å². The highest BCUT2D eigenvalue weighted by molar-refractivity contribution is 5.76. The van der Waals surface area contributed by atoms with Gasteiger partial charge in [0, 0.05) is 39.1 Å². The molecule has 24 heavy (non-hydrogen) atoms. The number of carbonyl (C=O) groups excluding carboxylic acids is 1. The fourth-order valence-corrected chi connectivity index (χ4v) is 4.01. The summed E-state index contributed by atoms with van der Waals surface area (Å²) in [5.41, 5.74) is 1.14. The van der Waals surface area contributed by atoms with Gasteiger partial charge in [-0.3, -0.25) is 9.69 Å². The van der Waals surface area contributed by atoms with Gasteiger partial charge in [0.05, 0.1) is 0 Å². The van der Waals surface area contributed by atoms with E-state index in [-0.39, 0.29) is 5.82 Å². The number of carbonyl (C=O) groups is 1. The molecule has 1 aromatic carbocycles. The summed E-state index contributed by atoms with van der Waals surface area (Å²) in [4.78, 5) is 16.9. The van der Waals surface area contributed by atoms with Crippen LogP contribution in [0.1, 0.15) is 50.5 Å². The summed E-state index contributed by atoms with van der Waals surface area (Å²) < 4.78 is 13.0. The minimum Gasteiger partial charge on any atom is -0.341 e. The van der Waals surface area contributed by atoms with E-state index in [9.17, 15) is 9.18 Å². The van der Waals surface area contributed by atoms with Crippen molar-refractivity contribution in [3.05, 3.63) is 35.6 Å². The van der Waals surface area contributed by atoms with E-state index in [0.717, 1.165) is 63.5 Å². The highest BCUT2D eigenvalue weighted by atomic mass is 19.1. The smallest absolute Gasteiger partial charge is 0.222 e. The fraction of sp³-hybridized carbons (Fsp3) is 0.650. The van der Waals surface area contributed by atoms with Crippen LogP contribution in [0.4, 0.5) is 4.39 Å². The SMILES string of the molecule is O=C(CCC1CCCC1)N1CCCN(Cc2ccc(F)cc2)CC1. The summed E-state index contributed by atoms with van der Waals surface area (Å²) >= 11 is 0. The lowest BCUT2D eigenvalue weighted by Gasteiger charge is -2.22. The van der Waals surface area contributed by atoms with Gasteiger partial charge in [0.1, 0.15) is 5.82 Å². The summed E-state index contributed by atoms with van der Waals surface area (Å²) in [5.74, 6) is 0.940. The molecule has 4 heteroatoms. The maximum atomic E-state index is 13.0. The summed E-state index contributed by atoms with van der Waals surface area (Å²) in [7, 11) is 0. The van der Waals surface area contributed by atoms with Gasteiger partial charge in [0.25, 0.3) is 0 Å². The van der Waals surface area contributed by atoms with Crippen LogP contribution in [-0.4, -0.2) is 41.9 Å². The van der Waals surface area contributed by atoms with E-state index < -0.39 is 0 Å². The Morgan fingerprint density at radius 1 is 1.00 bits per heavy atom. The maximum Gasteiger partial charge on any atom is 0.222 e. The van der Waals surface area contributed by atoms with Crippen molar-refractivity contribution in [3.8, 4) is 0 Å². The molecule has 0 bridgehead atoms. The Labute approximate surface area is 144 Å². The Balaban J connectivity index is 1.43. The Kier molecular flexibility index (Phi) is 6.24. The third kappa shape index (κ3) is 5.04. The van der Waals surface area contributed by atoms with Crippen molar-refractivity contribution < 1.29 is 9.18 Å². The molecule has 2 aliphatic rings. The molecule has 0 radical (unpaired) electrons.